The fourth-order valence-electron chi connectivity index (χ4n) is 3.50. The average Bonchev–Trinajstić information content (AvgIpc) is 2.85. The number of carbonyl (C=O) groups is 2. The quantitative estimate of drug-likeness (QED) is 0.393. The van der Waals surface area contributed by atoms with Gasteiger partial charge in [0.2, 0.25) is 5.91 Å². The number of anilines is 2. The number of halogens is 1. The lowest BCUT2D eigenvalue weighted by atomic mass is 10.1. The first kappa shape index (κ1) is 22.0. The van der Waals surface area contributed by atoms with E-state index in [0.29, 0.717) is 17.8 Å². The highest BCUT2D eigenvalue weighted by atomic mass is 19.1. The number of carbonyl (C=O) groups excluding carboxylic acids is 2. The maximum atomic E-state index is 13.3. The molecule has 0 fully saturated rings. The summed E-state index contributed by atoms with van der Waals surface area (Å²) < 4.78 is 13.3. The molecule has 0 saturated carbocycles. The van der Waals surface area contributed by atoms with Gasteiger partial charge in [-0.1, -0.05) is 60.7 Å². The Morgan fingerprint density at radius 2 is 1.27 bits per heavy atom. The van der Waals surface area contributed by atoms with E-state index in [4.69, 9.17) is 0 Å². The second-order valence-corrected chi connectivity index (χ2v) is 7.64. The van der Waals surface area contributed by atoms with E-state index in [-0.39, 0.29) is 24.1 Å². The van der Waals surface area contributed by atoms with Gasteiger partial charge in [-0.2, -0.15) is 0 Å². The summed E-state index contributed by atoms with van der Waals surface area (Å²) >= 11 is 0. The van der Waals surface area contributed by atoms with Gasteiger partial charge in [0, 0.05) is 16.9 Å². The van der Waals surface area contributed by atoms with E-state index in [0.717, 1.165) is 16.8 Å². The monoisotopic (exact) mass is 438 g/mol. The van der Waals surface area contributed by atoms with Crippen LogP contribution in [0.5, 0.6) is 0 Å². The first-order valence-electron chi connectivity index (χ1n) is 10.6. The van der Waals surface area contributed by atoms with Crippen LogP contribution in [0.25, 0.3) is 0 Å². The van der Waals surface area contributed by atoms with Crippen LogP contribution in [-0.2, 0) is 17.8 Å². The lowest BCUT2D eigenvalue weighted by Gasteiger charge is -2.23. The molecule has 0 radical (unpaired) electrons. The predicted octanol–water partition coefficient (Wildman–Crippen LogP) is 5.85. The summed E-state index contributed by atoms with van der Waals surface area (Å²) in [6.07, 6.45) is 0.222. The Bertz CT molecular complexity index is 1210. The lowest BCUT2D eigenvalue weighted by molar-refractivity contribution is -0.115. The Morgan fingerprint density at radius 1 is 0.697 bits per heavy atom. The van der Waals surface area contributed by atoms with Crippen LogP contribution in [0, 0.1) is 5.82 Å². The van der Waals surface area contributed by atoms with E-state index in [1.54, 1.807) is 29.2 Å². The third-order valence-electron chi connectivity index (χ3n) is 5.19. The minimum atomic E-state index is -0.321. The molecule has 33 heavy (non-hydrogen) atoms. The molecule has 1 N–H and O–H groups in total. The highest BCUT2D eigenvalue weighted by molar-refractivity contribution is 6.06. The normalized spacial score (nSPS) is 10.5. The van der Waals surface area contributed by atoms with Crippen molar-refractivity contribution in [3.63, 3.8) is 0 Å². The van der Waals surface area contributed by atoms with Gasteiger partial charge in [0.15, 0.2) is 0 Å². The zero-order valence-electron chi connectivity index (χ0n) is 17.9. The van der Waals surface area contributed by atoms with Crippen LogP contribution in [-0.4, -0.2) is 11.8 Å². The number of hydrogen-bond donors (Lipinski definition) is 1. The standard InChI is InChI=1S/C28H23FN2O2/c29-24-15-11-22(12-16-24)20-31(28(33)23-7-3-1-4-8-23)26-17-13-21(14-18-26)19-27(32)30-25-9-5-2-6-10-25/h1-18H,19-20H2,(H,30,32). The molecule has 0 saturated heterocycles. The second kappa shape index (κ2) is 10.4. The fraction of sp³-hybridized carbons (Fsp3) is 0.0714. The van der Waals surface area contributed by atoms with Gasteiger partial charge in [-0.05, 0) is 59.7 Å². The maximum absolute atomic E-state index is 13.3. The molecule has 164 valence electrons. The zero-order chi connectivity index (χ0) is 23.0. The van der Waals surface area contributed by atoms with Gasteiger partial charge in [-0.3, -0.25) is 9.59 Å². The van der Waals surface area contributed by atoms with Crippen molar-refractivity contribution in [3.8, 4) is 0 Å². The first-order chi connectivity index (χ1) is 16.1. The Kier molecular flexibility index (Phi) is 6.90. The van der Waals surface area contributed by atoms with Crippen LogP contribution in [0.2, 0.25) is 0 Å². The second-order valence-electron chi connectivity index (χ2n) is 7.64. The van der Waals surface area contributed by atoms with Gasteiger partial charge in [-0.25, -0.2) is 4.39 Å². The number of para-hydroxylation sites is 1. The van der Waals surface area contributed by atoms with E-state index in [2.05, 4.69) is 5.32 Å². The van der Waals surface area contributed by atoms with E-state index >= 15 is 0 Å². The molecule has 4 aromatic rings. The Labute approximate surface area is 192 Å². The summed E-state index contributed by atoms with van der Waals surface area (Å²) in [7, 11) is 0. The number of amides is 2. The lowest BCUT2D eigenvalue weighted by Crippen LogP contribution is -2.30. The molecule has 0 aliphatic carbocycles. The molecule has 0 heterocycles. The molecule has 0 spiro atoms. The molecule has 4 aromatic carbocycles. The molecule has 0 unspecified atom stereocenters. The van der Waals surface area contributed by atoms with Gasteiger partial charge >= 0.3 is 0 Å². The Hall–Kier alpha value is -4.25. The molecule has 0 aromatic heterocycles. The third-order valence-corrected chi connectivity index (χ3v) is 5.19. The van der Waals surface area contributed by atoms with Crippen molar-refractivity contribution in [2.45, 2.75) is 13.0 Å². The van der Waals surface area contributed by atoms with E-state index in [1.165, 1.54) is 12.1 Å². The Balaban J connectivity index is 1.53. The summed E-state index contributed by atoms with van der Waals surface area (Å²) in [6.45, 7) is 0.293. The number of nitrogens with one attached hydrogen (secondary N) is 1. The molecule has 0 bridgehead atoms. The van der Waals surface area contributed by atoms with E-state index in [9.17, 15) is 14.0 Å². The van der Waals surface area contributed by atoms with Crippen LogP contribution in [0.15, 0.2) is 109 Å². The molecule has 4 nitrogen and oxygen atoms in total. The van der Waals surface area contributed by atoms with Gasteiger partial charge in [-0.15, -0.1) is 0 Å². The topological polar surface area (TPSA) is 49.4 Å². The predicted molar refractivity (Wildman–Crippen MR) is 129 cm³/mol. The van der Waals surface area contributed by atoms with Crippen molar-refractivity contribution in [3.05, 3.63) is 132 Å². The number of benzene rings is 4. The molecule has 2 amide bonds. The van der Waals surface area contributed by atoms with Crippen LogP contribution >= 0.6 is 0 Å². The van der Waals surface area contributed by atoms with Crippen LogP contribution in [0.3, 0.4) is 0 Å². The minimum Gasteiger partial charge on any atom is -0.326 e. The van der Waals surface area contributed by atoms with Gasteiger partial charge in [0.05, 0.1) is 13.0 Å². The summed E-state index contributed by atoms with van der Waals surface area (Å²) in [6, 6.07) is 31.8. The van der Waals surface area contributed by atoms with Crippen LogP contribution in [0.4, 0.5) is 15.8 Å². The smallest absolute Gasteiger partial charge is 0.258 e. The molecular weight excluding hydrogens is 415 g/mol. The molecular formula is C28H23FN2O2. The largest absolute Gasteiger partial charge is 0.326 e. The molecule has 4 rings (SSSR count). The van der Waals surface area contributed by atoms with Crippen molar-refractivity contribution in [1.29, 1.82) is 0 Å². The first-order valence-corrected chi connectivity index (χ1v) is 10.6. The Morgan fingerprint density at radius 3 is 1.91 bits per heavy atom. The minimum absolute atomic E-state index is 0.113. The number of nitrogens with zero attached hydrogens (tertiary/aromatic N) is 1. The summed E-state index contributed by atoms with van der Waals surface area (Å²) in [5, 5.41) is 2.87. The van der Waals surface area contributed by atoms with E-state index < -0.39 is 0 Å². The highest BCUT2D eigenvalue weighted by Crippen LogP contribution is 2.22. The summed E-state index contributed by atoms with van der Waals surface area (Å²) in [5.41, 5.74) is 3.65. The van der Waals surface area contributed by atoms with Gasteiger partial charge < -0.3 is 10.2 Å². The van der Waals surface area contributed by atoms with Crippen molar-refractivity contribution in [1.82, 2.24) is 0 Å². The van der Waals surface area contributed by atoms with E-state index in [1.807, 2.05) is 72.8 Å². The van der Waals surface area contributed by atoms with Crippen LogP contribution in [0.1, 0.15) is 21.5 Å². The van der Waals surface area contributed by atoms with Gasteiger partial charge in [0.1, 0.15) is 5.82 Å². The van der Waals surface area contributed by atoms with Crippen molar-refractivity contribution in [2.75, 3.05) is 10.2 Å². The van der Waals surface area contributed by atoms with Crippen LogP contribution < -0.4 is 10.2 Å². The maximum Gasteiger partial charge on any atom is 0.258 e. The third kappa shape index (κ3) is 5.92. The summed E-state index contributed by atoms with van der Waals surface area (Å²) in [5.74, 6) is -0.593. The van der Waals surface area contributed by atoms with Crippen molar-refractivity contribution >= 4 is 23.2 Å². The van der Waals surface area contributed by atoms with Gasteiger partial charge in [0.25, 0.3) is 5.91 Å². The molecule has 0 atom stereocenters. The molecule has 5 heteroatoms. The van der Waals surface area contributed by atoms with Crippen molar-refractivity contribution < 1.29 is 14.0 Å². The highest BCUT2D eigenvalue weighted by Gasteiger charge is 2.18. The molecule has 0 aliphatic rings. The van der Waals surface area contributed by atoms with Crippen molar-refractivity contribution in [2.24, 2.45) is 0 Å². The zero-order valence-corrected chi connectivity index (χ0v) is 17.9. The SMILES string of the molecule is O=C(Cc1ccc(N(Cc2ccc(F)cc2)C(=O)c2ccccc2)cc1)Nc1ccccc1. The molecule has 0 aliphatic heterocycles. The number of rotatable bonds is 7. The summed E-state index contributed by atoms with van der Waals surface area (Å²) in [4.78, 5) is 27.3. The number of hydrogen-bond acceptors (Lipinski definition) is 2. The average molecular weight is 439 g/mol. The fourth-order valence-corrected chi connectivity index (χ4v) is 3.50.